The zero-order valence-electron chi connectivity index (χ0n) is 11.5. The summed E-state index contributed by atoms with van der Waals surface area (Å²) in [7, 11) is 1.70. The first-order valence-corrected chi connectivity index (χ1v) is 7.59. The molecule has 1 rings (SSSR count). The Morgan fingerprint density at radius 3 is 2.88 bits per heavy atom. The zero-order valence-corrected chi connectivity index (χ0v) is 12.3. The van der Waals surface area contributed by atoms with Crippen molar-refractivity contribution in [1.29, 1.82) is 0 Å². The van der Waals surface area contributed by atoms with Gasteiger partial charge in [-0.1, -0.05) is 25.5 Å². The second-order valence-electron chi connectivity index (χ2n) is 5.22. The number of carbonyl (C=O) groups excluding carboxylic acids is 1. The third-order valence-corrected chi connectivity index (χ3v) is 4.83. The first-order chi connectivity index (χ1) is 8.04. The Morgan fingerprint density at radius 1 is 1.59 bits per heavy atom. The van der Waals surface area contributed by atoms with E-state index in [1.807, 2.05) is 11.8 Å². The fourth-order valence-electron chi connectivity index (χ4n) is 2.34. The number of allylic oxidation sites excluding steroid dienone is 1. The van der Waals surface area contributed by atoms with Crippen molar-refractivity contribution >= 4 is 17.7 Å². The van der Waals surface area contributed by atoms with E-state index in [0.717, 1.165) is 17.6 Å². The molecular weight excluding hydrogens is 230 g/mol. The summed E-state index contributed by atoms with van der Waals surface area (Å²) in [6.07, 6.45) is 5.60. The van der Waals surface area contributed by atoms with Crippen LogP contribution in [0.1, 0.15) is 40.0 Å². The van der Waals surface area contributed by atoms with Crippen LogP contribution < -0.4 is 5.32 Å². The molecule has 0 aliphatic heterocycles. The lowest BCUT2D eigenvalue weighted by atomic mass is 9.82. The predicted molar refractivity (Wildman–Crippen MR) is 76.2 cm³/mol. The van der Waals surface area contributed by atoms with Gasteiger partial charge in [0.15, 0.2) is 0 Å². The molecule has 0 heterocycles. The van der Waals surface area contributed by atoms with Gasteiger partial charge in [0.25, 0.3) is 0 Å². The van der Waals surface area contributed by atoms with Crippen molar-refractivity contribution in [3.05, 3.63) is 11.6 Å². The number of thioether (sulfide) groups is 1. The number of carbonyl (C=O) groups is 1. The van der Waals surface area contributed by atoms with Gasteiger partial charge in [0.05, 0.1) is 0 Å². The molecule has 2 unspecified atom stereocenters. The Bertz CT molecular complexity index is 286. The second-order valence-corrected chi connectivity index (χ2v) is 6.50. The fourth-order valence-corrected chi connectivity index (χ4v) is 3.94. The minimum atomic E-state index is 0.148. The van der Waals surface area contributed by atoms with Crippen LogP contribution >= 0.6 is 11.8 Å². The molecule has 0 saturated heterocycles. The summed E-state index contributed by atoms with van der Waals surface area (Å²) in [5.74, 6) is 2.58. The Balaban J connectivity index is 2.47. The molecule has 2 nitrogen and oxygen atoms in total. The van der Waals surface area contributed by atoms with Crippen LogP contribution in [0.3, 0.4) is 0 Å². The molecule has 0 saturated carbocycles. The average molecular weight is 255 g/mol. The molecule has 17 heavy (non-hydrogen) atoms. The molecule has 1 amide bonds. The summed E-state index contributed by atoms with van der Waals surface area (Å²) in [5, 5.41) is 3.28. The topological polar surface area (TPSA) is 29.1 Å². The second kappa shape index (κ2) is 7.10. The van der Waals surface area contributed by atoms with E-state index in [9.17, 15) is 4.79 Å². The third kappa shape index (κ3) is 4.74. The van der Waals surface area contributed by atoms with E-state index in [4.69, 9.17) is 0 Å². The monoisotopic (exact) mass is 255 g/mol. The van der Waals surface area contributed by atoms with Crippen LogP contribution in [0.5, 0.6) is 0 Å². The van der Waals surface area contributed by atoms with Gasteiger partial charge in [-0.25, -0.2) is 0 Å². The molecule has 0 spiro atoms. The number of amides is 1. The van der Waals surface area contributed by atoms with E-state index in [-0.39, 0.29) is 5.91 Å². The summed E-state index contributed by atoms with van der Waals surface area (Å²) < 4.78 is 0. The van der Waals surface area contributed by atoms with Crippen LogP contribution in [0.2, 0.25) is 0 Å². The van der Waals surface area contributed by atoms with E-state index in [1.165, 1.54) is 18.4 Å². The lowest BCUT2D eigenvalue weighted by molar-refractivity contribution is -0.120. The number of rotatable bonds is 5. The van der Waals surface area contributed by atoms with Gasteiger partial charge in [0.1, 0.15) is 0 Å². The van der Waals surface area contributed by atoms with Crippen molar-refractivity contribution in [1.82, 2.24) is 5.32 Å². The molecule has 1 aliphatic rings. The zero-order chi connectivity index (χ0) is 12.8. The maximum Gasteiger partial charge on any atom is 0.220 e. The Hall–Kier alpha value is -0.440. The standard InChI is InChI=1S/C14H25NOS/c1-10(2)12-6-5-11(3)9-13(12)17-8-7-14(16)15-4/h9-10,12-13H,5-8H2,1-4H3,(H,15,16). The molecule has 98 valence electrons. The minimum Gasteiger partial charge on any atom is -0.359 e. The molecule has 3 heteroatoms. The van der Waals surface area contributed by atoms with Crippen molar-refractivity contribution in [2.75, 3.05) is 12.8 Å². The van der Waals surface area contributed by atoms with Crippen LogP contribution in [-0.4, -0.2) is 24.0 Å². The van der Waals surface area contributed by atoms with E-state index in [0.29, 0.717) is 11.7 Å². The van der Waals surface area contributed by atoms with Gasteiger partial charge >= 0.3 is 0 Å². The summed E-state index contributed by atoms with van der Waals surface area (Å²) >= 11 is 1.94. The SMILES string of the molecule is CNC(=O)CCSC1C=C(C)CCC1C(C)C. The maximum atomic E-state index is 11.2. The molecule has 0 aromatic carbocycles. The van der Waals surface area contributed by atoms with Crippen LogP contribution in [0.15, 0.2) is 11.6 Å². The van der Waals surface area contributed by atoms with Crippen molar-refractivity contribution in [3.8, 4) is 0 Å². The van der Waals surface area contributed by atoms with Gasteiger partial charge in [-0.3, -0.25) is 4.79 Å². The van der Waals surface area contributed by atoms with E-state index in [2.05, 4.69) is 32.2 Å². The highest BCUT2D eigenvalue weighted by molar-refractivity contribution is 8.00. The third-order valence-electron chi connectivity index (χ3n) is 3.52. The highest BCUT2D eigenvalue weighted by Gasteiger charge is 2.26. The van der Waals surface area contributed by atoms with Gasteiger partial charge in [-0.15, -0.1) is 0 Å². The first-order valence-electron chi connectivity index (χ1n) is 6.54. The molecule has 1 N–H and O–H groups in total. The number of hydrogen-bond acceptors (Lipinski definition) is 2. The lowest BCUT2D eigenvalue weighted by Gasteiger charge is -2.32. The molecule has 1 aliphatic carbocycles. The molecule has 0 aromatic rings. The summed E-state index contributed by atoms with van der Waals surface area (Å²) in [6, 6.07) is 0. The Labute approximate surface area is 110 Å². The van der Waals surface area contributed by atoms with Crippen molar-refractivity contribution in [2.24, 2.45) is 11.8 Å². The first kappa shape index (κ1) is 14.6. The number of hydrogen-bond donors (Lipinski definition) is 1. The van der Waals surface area contributed by atoms with Gasteiger partial charge in [-0.2, -0.15) is 11.8 Å². The predicted octanol–water partition coefficient (Wildman–Crippen LogP) is 3.24. The van der Waals surface area contributed by atoms with E-state index < -0.39 is 0 Å². The fraction of sp³-hybridized carbons (Fsp3) is 0.786. The summed E-state index contributed by atoms with van der Waals surface area (Å²) in [5.41, 5.74) is 1.51. The molecule has 2 atom stereocenters. The molecule has 0 bridgehead atoms. The highest BCUT2D eigenvalue weighted by Crippen LogP contribution is 2.36. The van der Waals surface area contributed by atoms with Crippen molar-refractivity contribution < 1.29 is 4.79 Å². The van der Waals surface area contributed by atoms with Crippen LogP contribution in [0.4, 0.5) is 0 Å². The lowest BCUT2D eigenvalue weighted by Crippen LogP contribution is -2.25. The molecule has 0 radical (unpaired) electrons. The maximum absolute atomic E-state index is 11.2. The van der Waals surface area contributed by atoms with Gasteiger partial charge in [0.2, 0.25) is 5.91 Å². The number of nitrogens with one attached hydrogen (secondary N) is 1. The average Bonchev–Trinajstić information content (AvgIpc) is 2.28. The van der Waals surface area contributed by atoms with Crippen LogP contribution in [-0.2, 0) is 4.79 Å². The van der Waals surface area contributed by atoms with Crippen molar-refractivity contribution in [3.63, 3.8) is 0 Å². The van der Waals surface area contributed by atoms with Crippen LogP contribution in [0, 0.1) is 11.8 Å². The smallest absolute Gasteiger partial charge is 0.220 e. The van der Waals surface area contributed by atoms with E-state index in [1.54, 1.807) is 7.05 Å². The van der Waals surface area contributed by atoms with E-state index >= 15 is 0 Å². The molecule has 0 fully saturated rings. The molecule has 0 aromatic heterocycles. The van der Waals surface area contributed by atoms with Crippen LogP contribution in [0.25, 0.3) is 0 Å². The largest absolute Gasteiger partial charge is 0.359 e. The van der Waals surface area contributed by atoms with Gasteiger partial charge < -0.3 is 5.32 Å². The summed E-state index contributed by atoms with van der Waals surface area (Å²) in [6.45, 7) is 6.85. The molecular formula is C14H25NOS. The van der Waals surface area contributed by atoms with Gasteiger partial charge in [0, 0.05) is 24.5 Å². The Kier molecular flexibility index (Phi) is 6.10. The Morgan fingerprint density at radius 2 is 2.29 bits per heavy atom. The van der Waals surface area contributed by atoms with Crippen molar-refractivity contribution in [2.45, 2.75) is 45.3 Å². The minimum absolute atomic E-state index is 0.148. The van der Waals surface area contributed by atoms with Gasteiger partial charge in [-0.05, 0) is 31.6 Å². The highest BCUT2D eigenvalue weighted by atomic mass is 32.2. The normalized spacial score (nSPS) is 24.6. The quantitative estimate of drug-likeness (QED) is 0.764. The summed E-state index contributed by atoms with van der Waals surface area (Å²) in [4.78, 5) is 11.2.